The van der Waals surface area contributed by atoms with Crippen LogP contribution in [0.3, 0.4) is 0 Å². The predicted octanol–water partition coefficient (Wildman–Crippen LogP) is 1.99. The number of amides is 2. The second-order valence-electron chi connectivity index (χ2n) is 7.53. The third kappa shape index (κ3) is 4.29. The summed E-state index contributed by atoms with van der Waals surface area (Å²) >= 11 is 0. The molecule has 2 heterocycles. The standard InChI is InChI=1S/C21H25FN4O5/c1-4-31-9-5-8-23-20(30)21(3)12-25-17(11-15(24-25)19(28)29)18(27)26(21)16-7-6-14(22)10-13(16)2/h6-7,10-11H,4-5,8-9,12H2,1-3H3,(H,23,30)(H,28,29). The topological polar surface area (TPSA) is 114 Å². The maximum Gasteiger partial charge on any atom is 0.356 e. The van der Waals surface area contributed by atoms with Gasteiger partial charge in [-0.1, -0.05) is 0 Å². The number of benzene rings is 1. The van der Waals surface area contributed by atoms with Gasteiger partial charge in [0.1, 0.15) is 17.1 Å². The molecule has 0 fully saturated rings. The molecule has 3 rings (SSSR count). The molecule has 1 aromatic heterocycles. The number of halogens is 1. The number of aromatic nitrogens is 2. The van der Waals surface area contributed by atoms with E-state index in [-0.39, 0.29) is 17.9 Å². The molecule has 0 bridgehead atoms. The number of carbonyl (C=O) groups is 3. The first-order chi connectivity index (χ1) is 14.7. The van der Waals surface area contributed by atoms with Gasteiger partial charge in [0.15, 0.2) is 5.69 Å². The molecule has 1 unspecified atom stereocenters. The number of rotatable bonds is 8. The zero-order valence-corrected chi connectivity index (χ0v) is 17.6. The number of aromatic carboxylic acids is 1. The maximum absolute atomic E-state index is 13.7. The first kappa shape index (κ1) is 22.4. The molecule has 0 saturated carbocycles. The number of carboxylic acids is 1. The summed E-state index contributed by atoms with van der Waals surface area (Å²) in [6.45, 7) is 6.44. The van der Waals surface area contributed by atoms with Crippen LogP contribution < -0.4 is 10.2 Å². The Morgan fingerprint density at radius 1 is 1.35 bits per heavy atom. The fourth-order valence-electron chi connectivity index (χ4n) is 3.64. The van der Waals surface area contributed by atoms with Crippen LogP contribution in [0, 0.1) is 12.7 Å². The Kier molecular flexibility index (Phi) is 6.40. The van der Waals surface area contributed by atoms with Crippen LogP contribution in [0.4, 0.5) is 10.1 Å². The Bertz CT molecular complexity index is 1020. The summed E-state index contributed by atoms with van der Waals surface area (Å²) in [6.07, 6.45) is 0.593. The molecule has 166 valence electrons. The number of nitrogens with zero attached hydrogens (tertiary/aromatic N) is 3. The molecule has 2 N–H and O–H groups in total. The van der Waals surface area contributed by atoms with E-state index < -0.39 is 29.1 Å². The molecule has 9 nitrogen and oxygen atoms in total. The molecule has 2 aromatic rings. The number of fused-ring (bicyclic) bond motifs is 1. The molecule has 0 radical (unpaired) electrons. The minimum Gasteiger partial charge on any atom is -0.476 e. The quantitative estimate of drug-likeness (QED) is 0.617. The highest BCUT2D eigenvalue weighted by Crippen LogP contribution is 2.35. The van der Waals surface area contributed by atoms with Gasteiger partial charge in [0.05, 0.1) is 6.54 Å². The third-order valence-corrected chi connectivity index (χ3v) is 5.22. The van der Waals surface area contributed by atoms with Crippen molar-refractivity contribution in [1.82, 2.24) is 15.1 Å². The SMILES string of the molecule is CCOCCCNC(=O)C1(C)Cn2nc(C(=O)O)cc2C(=O)N1c1ccc(F)cc1C. The van der Waals surface area contributed by atoms with E-state index in [9.17, 15) is 23.9 Å². The lowest BCUT2D eigenvalue weighted by atomic mass is 9.93. The van der Waals surface area contributed by atoms with E-state index in [2.05, 4.69) is 10.4 Å². The number of carbonyl (C=O) groups excluding carboxylic acids is 2. The first-order valence-electron chi connectivity index (χ1n) is 9.97. The summed E-state index contributed by atoms with van der Waals surface area (Å²) in [4.78, 5) is 39.3. The Morgan fingerprint density at radius 2 is 2.10 bits per heavy atom. The van der Waals surface area contributed by atoms with Gasteiger partial charge in [0.2, 0.25) is 5.91 Å². The van der Waals surface area contributed by atoms with Crippen LogP contribution in [0.15, 0.2) is 24.3 Å². The van der Waals surface area contributed by atoms with Crippen molar-refractivity contribution in [3.63, 3.8) is 0 Å². The zero-order chi connectivity index (χ0) is 22.8. The highest BCUT2D eigenvalue weighted by molar-refractivity contribution is 6.12. The number of hydrogen-bond donors (Lipinski definition) is 2. The number of aryl methyl sites for hydroxylation is 1. The lowest BCUT2D eigenvalue weighted by Gasteiger charge is -2.43. The van der Waals surface area contributed by atoms with Gasteiger partial charge < -0.3 is 15.2 Å². The van der Waals surface area contributed by atoms with Crippen LogP contribution in [0.1, 0.15) is 46.8 Å². The van der Waals surface area contributed by atoms with Gasteiger partial charge in [-0.2, -0.15) is 5.10 Å². The molecule has 0 spiro atoms. The molecule has 2 amide bonds. The van der Waals surface area contributed by atoms with Gasteiger partial charge in [-0.05, 0) is 51.0 Å². The molecular weight excluding hydrogens is 407 g/mol. The Balaban J connectivity index is 2.01. The molecule has 0 aliphatic carbocycles. The van der Waals surface area contributed by atoms with E-state index in [4.69, 9.17) is 4.74 Å². The van der Waals surface area contributed by atoms with Gasteiger partial charge in [-0.15, -0.1) is 0 Å². The van der Waals surface area contributed by atoms with Gasteiger partial charge in [0, 0.05) is 31.5 Å². The average molecular weight is 432 g/mol. The zero-order valence-electron chi connectivity index (χ0n) is 17.6. The molecule has 1 aliphatic rings. The van der Waals surface area contributed by atoms with Crippen molar-refractivity contribution >= 4 is 23.5 Å². The molecule has 1 aliphatic heterocycles. The van der Waals surface area contributed by atoms with Crippen LogP contribution in [0.5, 0.6) is 0 Å². The second-order valence-corrected chi connectivity index (χ2v) is 7.53. The Hall–Kier alpha value is -3.27. The van der Waals surface area contributed by atoms with Gasteiger partial charge >= 0.3 is 5.97 Å². The highest BCUT2D eigenvalue weighted by Gasteiger charge is 2.49. The second kappa shape index (κ2) is 8.84. The fraction of sp³-hybridized carbons (Fsp3) is 0.429. The molecular formula is C21H25FN4O5. The van der Waals surface area contributed by atoms with Crippen molar-refractivity contribution in [3.8, 4) is 0 Å². The Morgan fingerprint density at radius 3 is 2.74 bits per heavy atom. The Labute approximate surface area is 178 Å². The van der Waals surface area contributed by atoms with Crippen molar-refractivity contribution in [2.24, 2.45) is 0 Å². The van der Waals surface area contributed by atoms with Gasteiger partial charge in [-0.25, -0.2) is 9.18 Å². The van der Waals surface area contributed by atoms with E-state index in [0.29, 0.717) is 37.4 Å². The van der Waals surface area contributed by atoms with E-state index in [1.165, 1.54) is 33.8 Å². The van der Waals surface area contributed by atoms with Crippen molar-refractivity contribution in [2.75, 3.05) is 24.7 Å². The summed E-state index contributed by atoms with van der Waals surface area (Å²) in [5, 5.41) is 16.1. The van der Waals surface area contributed by atoms with Crippen molar-refractivity contribution in [2.45, 2.75) is 39.3 Å². The van der Waals surface area contributed by atoms with E-state index in [1.54, 1.807) is 13.8 Å². The van der Waals surface area contributed by atoms with E-state index in [0.717, 1.165) is 0 Å². The summed E-state index contributed by atoms with van der Waals surface area (Å²) in [7, 11) is 0. The normalized spacial score (nSPS) is 18.1. The van der Waals surface area contributed by atoms with Gasteiger partial charge in [0.25, 0.3) is 5.91 Å². The van der Waals surface area contributed by atoms with Gasteiger partial charge in [-0.3, -0.25) is 19.2 Å². The molecule has 10 heteroatoms. The lowest BCUT2D eigenvalue weighted by molar-refractivity contribution is -0.126. The van der Waals surface area contributed by atoms with E-state index in [1.807, 2.05) is 6.92 Å². The van der Waals surface area contributed by atoms with Crippen LogP contribution in [0.25, 0.3) is 0 Å². The smallest absolute Gasteiger partial charge is 0.356 e. The fourth-order valence-corrected chi connectivity index (χ4v) is 3.64. The lowest BCUT2D eigenvalue weighted by Crippen LogP contribution is -2.64. The minimum atomic E-state index is -1.42. The summed E-state index contributed by atoms with van der Waals surface area (Å²) < 4.78 is 20.2. The highest BCUT2D eigenvalue weighted by atomic mass is 19.1. The van der Waals surface area contributed by atoms with E-state index >= 15 is 0 Å². The number of hydrogen-bond acceptors (Lipinski definition) is 5. The third-order valence-electron chi connectivity index (χ3n) is 5.22. The molecule has 31 heavy (non-hydrogen) atoms. The summed E-state index contributed by atoms with van der Waals surface area (Å²) in [6, 6.07) is 5.10. The van der Waals surface area contributed by atoms with Crippen molar-refractivity contribution < 1.29 is 28.6 Å². The van der Waals surface area contributed by atoms with Crippen LogP contribution >= 0.6 is 0 Å². The predicted molar refractivity (Wildman–Crippen MR) is 110 cm³/mol. The molecule has 1 atom stereocenters. The van der Waals surface area contributed by atoms with Crippen molar-refractivity contribution in [1.29, 1.82) is 0 Å². The number of carboxylic acid groups (broad SMARTS) is 1. The van der Waals surface area contributed by atoms with Crippen LogP contribution in [-0.4, -0.2) is 58.0 Å². The average Bonchev–Trinajstić information content (AvgIpc) is 3.13. The number of ether oxygens (including phenoxy) is 1. The molecule has 0 saturated heterocycles. The van der Waals surface area contributed by atoms with Crippen molar-refractivity contribution in [3.05, 3.63) is 47.0 Å². The first-order valence-corrected chi connectivity index (χ1v) is 9.97. The largest absolute Gasteiger partial charge is 0.476 e. The number of anilines is 1. The van der Waals surface area contributed by atoms with Crippen LogP contribution in [-0.2, 0) is 16.1 Å². The monoisotopic (exact) mass is 432 g/mol. The summed E-state index contributed by atoms with van der Waals surface area (Å²) in [5.41, 5.74) is -0.832. The minimum absolute atomic E-state index is 0.0442. The van der Waals surface area contributed by atoms with Crippen LogP contribution in [0.2, 0.25) is 0 Å². The number of nitrogens with one attached hydrogen (secondary N) is 1. The summed E-state index contributed by atoms with van der Waals surface area (Å²) in [5.74, 6) is -2.76. The molecule has 1 aromatic carbocycles. The maximum atomic E-state index is 13.7.